The van der Waals surface area contributed by atoms with Gasteiger partial charge in [-0.25, -0.2) is 17.8 Å². The van der Waals surface area contributed by atoms with E-state index in [-0.39, 0.29) is 15.7 Å². The lowest BCUT2D eigenvalue weighted by molar-refractivity contribution is 0.215. The van der Waals surface area contributed by atoms with Crippen molar-refractivity contribution in [3.8, 4) is 0 Å². The zero-order valence-corrected chi connectivity index (χ0v) is 14.1. The number of hydrogen-bond donors (Lipinski definition) is 1. The van der Waals surface area contributed by atoms with Gasteiger partial charge in [-0.1, -0.05) is 11.6 Å². The van der Waals surface area contributed by atoms with Gasteiger partial charge in [-0.05, 0) is 48.8 Å². The number of nitrogens with zero attached hydrogens (tertiary/aromatic N) is 4. The topological polar surface area (TPSA) is 80.1 Å². The minimum Gasteiger partial charge on any atom is -0.302 e. The van der Waals surface area contributed by atoms with Gasteiger partial charge in [-0.15, -0.1) is 5.10 Å². The Balaban J connectivity index is 2.01. The first-order chi connectivity index (χ1) is 9.40. The minimum absolute atomic E-state index is 0.0583. The highest BCUT2D eigenvalue weighted by molar-refractivity contribution is 9.10. The third kappa shape index (κ3) is 3.78. The molecule has 1 aliphatic rings. The second-order valence-electron chi connectivity index (χ2n) is 5.19. The Morgan fingerprint density at radius 1 is 1.35 bits per heavy atom. The van der Waals surface area contributed by atoms with Crippen LogP contribution in [0.15, 0.2) is 9.63 Å². The summed E-state index contributed by atoms with van der Waals surface area (Å²) in [5.41, 5.74) is 0. The van der Waals surface area contributed by atoms with E-state index < -0.39 is 10.0 Å². The molecular formula is C11H20BrN5O2S. The number of aromatic nitrogens is 3. The Labute approximate surface area is 127 Å². The summed E-state index contributed by atoms with van der Waals surface area (Å²) in [6.07, 6.45) is 3.65. The molecule has 114 valence electrons. The molecule has 1 aromatic rings. The highest BCUT2D eigenvalue weighted by Crippen LogP contribution is 2.18. The van der Waals surface area contributed by atoms with Crippen LogP contribution < -0.4 is 4.72 Å². The van der Waals surface area contributed by atoms with Crippen molar-refractivity contribution in [3.63, 3.8) is 0 Å². The van der Waals surface area contributed by atoms with E-state index >= 15 is 0 Å². The van der Waals surface area contributed by atoms with Crippen LogP contribution in [0, 0.1) is 0 Å². The van der Waals surface area contributed by atoms with Gasteiger partial charge in [0.25, 0.3) is 10.0 Å². The van der Waals surface area contributed by atoms with E-state index in [1.165, 1.54) is 23.9 Å². The van der Waals surface area contributed by atoms with E-state index in [0.717, 1.165) is 19.6 Å². The van der Waals surface area contributed by atoms with Crippen molar-refractivity contribution < 1.29 is 8.42 Å². The van der Waals surface area contributed by atoms with Crippen molar-refractivity contribution in [3.05, 3.63) is 4.60 Å². The number of aryl methyl sites for hydroxylation is 1. The van der Waals surface area contributed by atoms with Gasteiger partial charge in [-0.3, -0.25) is 0 Å². The van der Waals surface area contributed by atoms with Crippen molar-refractivity contribution in [2.24, 2.45) is 7.05 Å². The number of hydrogen-bond acceptors (Lipinski definition) is 5. The molecular weight excluding hydrogens is 346 g/mol. The van der Waals surface area contributed by atoms with Crippen LogP contribution in [0.3, 0.4) is 0 Å². The maximum Gasteiger partial charge on any atom is 0.260 e. The molecule has 1 saturated heterocycles. The lowest BCUT2D eigenvalue weighted by Gasteiger charge is -2.29. The zero-order valence-electron chi connectivity index (χ0n) is 11.7. The van der Waals surface area contributed by atoms with Crippen molar-refractivity contribution in [2.45, 2.75) is 37.3 Å². The lowest BCUT2D eigenvalue weighted by atomic mass is 10.1. The van der Waals surface area contributed by atoms with E-state index in [0.29, 0.717) is 0 Å². The molecule has 2 rings (SSSR count). The van der Waals surface area contributed by atoms with E-state index in [4.69, 9.17) is 0 Å². The highest BCUT2D eigenvalue weighted by atomic mass is 79.9. The van der Waals surface area contributed by atoms with Crippen molar-refractivity contribution in [2.75, 3.05) is 19.6 Å². The van der Waals surface area contributed by atoms with Gasteiger partial charge in [-0.2, -0.15) is 0 Å². The third-order valence-electron chi connectivity index (χ3n) is 3.33. The van der Waals surface area contributed by atoms with Crippen LogP contribution in [-0.4, -0.2) is 54.0 Å². The summed E-state index contributed by atoms with van der Waals surface area (Å²) in [4.78, 5) is 2.30. The van der Waals surface area contributed by atoms with E-state index in [2.05, 4.69) is 35.9 Å². The maximum atomic E-state index is 12.3. The highest BCUT2D eigenvalue weighted by Gasteiger charge is 2.26. The molecule has 7 nitrogen and oxygen atoms in total. The van der Waals surface area contributed by atoms with Gasteiger partial charge in [0.1, 0.15) is 0 Å². The van der Waals surface area contributed by atoms with Gasteiger partial charge >= 0.3 is 0 Å². The van der Waals surface area contributed by atoms with Gasteiger partial charge in [0.2, 0.25) is 5.03 Å². The standard InChI is InChI=1S/C11H20BrN5O2S/c1-9(8-17-6-4-3-5-7-17)14-20(18,19)11-10(12)13-15-16(11)2/h9,14H,3-8H2,1-2H3. The van der Waals surface area contributed by atoms with Crippen molar-refractivity contribution in [1.82, 2.24) is 24.6 Å². The van der Waals surface area contributed by atoms with E-state index in [1.54, 1.807) is 7.05 Å². The van der Waals surface area contributed by atoms with Crippen LogP contribution in [0.2, 0.25) is 0 Å². The second kappa shape index (κ2) is 6.50. The van der Waals surface area contributed by atoms with Gasteiger partial charge < -0.3 is 4.90 Å². The monoisotopic (exact) mass is 365 g/mol. The second-order valence-corrected chi connectivity index (χ2v) is 7.57. The first-order valence-corrected chi connectivity index (χ1v) is 8.97. The quantitative estimate of drug-likeness (QED) is 0.831. The summed E-state index contributed by atoms with van der Waals surface area (Å²) in [7, 11) is -2.06. The van der Waals surface area contributed by atoms with Crippen molar-refractivity contribution >= 4 is 26.0 Å². The fourth-order valence-corrected chi connectivity index (χ4v) is 4.82. The molecule has 0 saturated carbocycles. The summed E-state index contributed by atoms with van der Waals surface area (Å²) in [5.74, 6) is 0. The predicted octanol–water partition coefficient (Wildman–Crippen LogP) is 0.730. The first-order valence-electron chi connectivity index (χ1n) is 6.70. The summed E-state index contributed by atoms with van der Waals surface area (Å²) >= 11 is 3.12. The molecule has 0 aromatic carbocycles. The van der Waals surface area contributed by atoms with Crippen LogP contribution in [0.25, 0.3) is 0 Å². The molecule has 0 radical (unpaired) electrons. The third-order valence-corrected chi connectivity index (χ3v) is 5.80. The van der Waals surface area contributed by atoms with Crippen LogP contribution in [0.1, 0.15) is 26.2 Å². The molecule has 0 aliphatic carbocycles. The average molecular weight is 366 g/mol. The molecule has 20 heavy (non-hydrogen) atoms. The molecule has 1 unspecified atom stereocenters. The number of nitrogens with one attached hydrogen (secondary N) is 1. The Morgan fingerprint density at radius 2 is 2.00 bits per heavy atom. The first kappa shape index (κ1) is 15.9. The fraction of sp³-hybridized carbons (Fsp3) is 0.818. The summed E-state index contributed by atoms with van der Waals surface area (Å²) in [6, 6.07) is -0.153. The van der Waals surface area contributed by atoms with Crippen LogP contribution in [-0.2, 0) is 17.1 Å². The van der Waals surface area contributed by atoms with Crippen molar-refractivity contribution in [1.29, 1.82) is 0 Å². The Kier molecular flexibility index (Phi) is 5.16. The summed E-state index contributed by atoms with van der Waals surface area (Å²) in [6.45, 7) is 4.69. The number of halogens is 1. The minimum atomic E-state index is -3.61. The normalized spacial score (nSPS) is 19.1. The Hall–Kier alpha value is -0.510. The number of likely N-dealkylation sites (tertiary alicyclic amines) is 1. The fourth-order valence-electron chi connectivity index (χ4n) is 2.50. The molecule has 1 atom stereocenters. The Morgan fingerprint density at radius 3 is 2.55 bits per heavy atom. The maximum absolute atomic E-state index is 12.3. The molecule has 1 aromatic heterocycles. The number of piperidine rings is 1. The molecule has 9 heteroatoms. The number of sulfonamides is 1. The zero-order chi connectivity index (χ0) is 14.8. The molecule has 0 amide bonds. The smallest absolute Gasteiger partial charge is 0.260 e. The van der Waals surface area contributed by atoms with E-state index in [9.17, 15) is 8.42 Å². The van der Waals surface area contributed by atoms with Gasteiger partial charge in [0, 0.05) is 19.6 Å². The molecule has 2 heterocycles. The van der Waals surface area contributed by atoms with Gasteiger partial charge in [0.15, 0.2) is 4.60 Å². The van der Waals surface area contributed by atoms with Gasteiger partial charge in [0.05, 0.1) is 0 Å². The van der Waals surface area contributed by atoms with E-state index in [1.807, 2.05) is 6.92 Å². The summed E-state index contributed by atoms with van der Waals surface area (Å²) in [5, 5.41) is 7.46. The number of rotatable bonds is 5. The molecule has 1 aliphatic heterocycles. The van der Waals surface area contributed by atoms with Crippen LogP contribution in [0.5, 0.6) is 0 Å². The molecule has 0 spiro atoms. The average Bonchev–Trinajstić information content (AvgIpc) is 2.70. The van der Waals surface area contributed by atoms with Crippen LogP contribution in [0.4, 0.5) is 0 Å². The molecule has 0 bridgehead atoms. The lowest BCUT2D eigenvalue weighted by Crippen LogP contribution is -2.44. The SMILES string of the molecule is CC(CN1CCCCC1)NS(=O)(=O)c1c(Br)nnn1C. The van der Waals surface area contributed by atoms with Crippen LogP contribution >= 0.6 is 15.9 Å². The Bertz CT molecular complexity index is 534. The molecule has 1 N–H and O–H groups in total. The predicted molar refractivity (Wildman–Crippen MR) is 78.8 cm³/mol. The largest absolute Gasteiger partial charge is 0.302 e. The molecule has 1 fully saturated rings. The summed E-state index contributed by atoms with van der Waals surface area (Å²) < 4.78 is 28.8.